The summed E-state index contributed by atoms with van der Waals surface area (Å²) in [5.41, 5.74) is -0.263. The third-order valence-electron chi connectivity index (χ3n) is 4.21. The second kappa shape index (κ2) is 4.65. The summed E-state index contributed by atoms with van der Waals surface area (Å²) in [6, 6.07) is 0. The summed E-state index contributed by atoms with van der Waals surface area (Å²) in [6.45, 7) is 12.5. The van der Waals surface area contributed by atoms with E-state index < -0.39 is 7.38 Å². The molecule has 0 spiro atoms. The fraction of sp³-hybridized carbons (Fsp3) is 0.692. The first kappa shape index (κ1) is 15.2. The topological polar surface area (TPSA) is 21.7 Å². The van der Waals surface area contributed by atoms with Gasteiger partial charge in [-0.05, 0) is 40.1 Å². The first-order valence-corrected chi connectivity index (χ1v) is 10.8. The summed E-state index contributed by atoms with van der Waals surface area (Å²) < 4.78 is 12.0. The van der Waals surface area contributed by atoms with Crippen LogP contribution in [0.1, 0.15) is 27.7 Å². The largest absolute Gasteiger partial charge is 0.598 e. The Hall–Kier alpha value is -0.228. The minimum absolute atomic E-state index is 0.309. The van der Waals surface area contributed by atoms with Gasteiger partial charge in [-0.15, -0.1) is 0 Å². The van der Waals surface area contributed by atoms with E-state index in [2.05, 4.69) is 52.9 Å². The lowest BCUT2D eigenvalue weighted by molar-refractivity contribution is 0.00578. The van der Waals surface area contributed by atoms with Crippen LogP contribution in [0.25, 0.3) is 0 Å². The molecule has 0 unspecified atom stereocenters. The molecule has 0 bridgehead atoms. The van der Waals surface area contributed by atoms with Crippen LogP contribution in [0.5, 0.6) is 0 Å². The summed E-state index contributed by atoms with van der Waals surface area (Å²) in [7, 11) is -2.05. The maximum absolute atomic E-state index is 6.47. The van der Waals surface area contributed by atoms with Crippen molar-refractivity contribution >= 4 is 25.7 Å². The Morgan fingerprint density at radius 3 is 1.84 bits per heavy atom. The molecule has 106 valence electrons. The standard InChI is InChI=1S/C13H23BClNO2Si/c1-12(2)13(3,4)18-14(17-12)16-9-7-11(8-10-16)19(5,6)15/h7-11H,1-6H3. The van der Waals surface area contributed by atoms with Crippen LogP contribution in [0.2, 0.25) is 18.6 Å². The van der Waals surface area contributed by atoms with Crippen LogP contribution in [0.15, 0.2) is 24.6 Å². The van der Waals surface area contributed by atoms with Gasteiger partial charge in [0.15, 0.2) is 7.38 Å². The van der Waals surface area contributed by atoms with Crippen LogP contribution < -0.4 is 0 Å². The molecule has 0 aliphatic carbocycles. The van der Waals surface area contributed by atoms with Crippen LogP contribution >= 0.6 is 11.1 Å². The maximum atomic E-state index is 6.47. The van der Waals surface area contributed by atoms with Gasteiger partial charge in [0.05, 0.1) is 11.2 Å². The van der Waals surface area contributed by atoms with E-state index in [0.29, 0.717) is 5.54 Å². The molecular weight excluding hydrogens is 276 g/mol. The summed E-state index contributed by atoms with van der Waals surface area (Å²) >= 11 is 6.47. The van der Waals surface area contributed by atoms with Crippen molar-refractivity contribution < 1.29 is 9.31 Å². The molecule has 2 aliphatic rings. The summed E-state index contributed by atoms with van der Waals surface area (Å²) in [6.07, 6.45) is 8.32. The number of nitrogens with zero attached hydrogens (tertiary/aromatic N) is 1. The lowest BCUT2D eigenvalue weighted by atomic mass is 9.90. The van der Waals surface area contributed by atoms with E-state index in [-0.39, 0.29) is 18.5 Å². The third-order valence-corrected chi connectivity index (χ3v) is 6.93. The Morgan fingerprint density at radius 1 is 1.05 bits per heavy atom. The Morgan fingerprint density at radius 2 is 1.47 bits per heavy atom. The maximum Gasteiger partial charge on any atom is 0.598 e. The van der Waals surface area contributed by atoms with Gasteiger partial charge in [0.25, 0.3) is 0 Å². The Kier molecular flexibility index (Phi) is 3.72. The summed E-state index contributed by atoms with van der Waals surface area (Å²) in [5.74, 6) is 0. The van der Waals surface area contributed by atoms with Crippen molar-refractivity contribution in [3.8, 4) is 0 Å². The van der Waals surface area contributed by atoms with Gasteiger partial charge in [-0.2, -0.15) is 11.1 Å². The van der Waals surface area contributed by atoms with Gasteiger partial charge in [0, 0.05) is 5.54 Å². The van der Waals surface area contributed by atoms with Crippen molar-refractivity contribution in [3.63, 3.8) is 0 Å². The normalized spacial score (nSPS) is 26.3. The molecule has 0 amide bonds. The van der Waals surface area contributed by atoms with Gasteiger partial charge in [-0.25, -0.2) is 0 Å². The number of hydrogen-bond donors (Lipinski definition) is 0. The fourth-order valence-corrected chi connectivity index (χ4v) is 3.55. The molecule has 1 saturated heterocycles. The SMILES string of the molecule is CC1(C)OB(N2C=CC([Si](C)(C)Cl)C=C2)OC1(C)C. The monoisotopic (exact) mass is 299 g/mol. The van der Waals surface area contributed by atoms with Gasteiger partial charge < -0.3 is 14.1 Å². The third kappa shape index (κ3) is 2.94. The highest BCUT2D eigenvalue weighted by Gasteiger charge is 2.53. The summed E-state index contributed by atoms with van der Waals surface area (Å²) in [4.78, 5) is 1.96. The first-order valence-electron chi connectivity index (χ1n) is 6.72. The molecule has 19 heavy (non-hydrogen) atoms. The highest BCUT2D eigenvalue weighted by Crippen LogP contribution is 2.39. The van der Waals surface area contributed by atoms with Crippen LogP contribution in [0.3, 0.4) is 0 Å². The molecule has 2 heterocycles. The molecule has 0 N–H and O–H groups in total. The molecule has 1 fully saturated rings. The van der Waals surface area contributed by atoms with E-state index in [4.69, 9.17) is 20.4 Å². The van der Waals surface area contributed by atoms with Crippen molar-refractivity contribution in [2.24, 2.45) is 0 Å². The number of halogens is 1. The van der Waals surface area contributed by atoms with E-state index >= 15 is 0 Å². The van der Waals surface area contributed by atoms with Crippen LogP contribution in [0.4, 0.5) is 0 Å². The molecule has 2 aliphatic heterocycles. The van der Waals surface area contributed by atoms with E-state index in [1.165, 1.54) is 0 Å². The molecule has 3 nitrogen and oxygen atoms in total. The van der Waals surface area contributed by atoms with Crippen molar-refractivity contribution in [1.29, 1.82) is 0 Å². The number of rotatable bonds is 2. The lowest BCUT2D eigenvalue weighted by Gasteiger charge is -2.32. The zero-order valence-electron chi connectivity index (χ0n) is 12.6. The average molecular weight is 300 g/mol. The van der Waals surface area contributed by atoms with E-state index in [0.717, 1.165) is 0 Å². The van der Waals surface area contributed by atoms with Gasteiger partial charge in [-0.1, -0.05) is 25.2 Å². The second-order valence-corrected chi connectivity index (χ2v) is 13.5. The quantitative estimate of drug-likeness (QED) is 0.573. The van der Waals surface area contributed by atoms with Crippen LogP contribution in [-0.2, 0) is 9.31 Å². The zero-order valence-corrected chi connectivity index (χ0v) is 14.4. The van der Waals surface area contributed by atoms with Gasteiger partial charge in [-0.3, -0.25) is 0 Å². The average Bonchev–Trinajstić information content (AvgIpc) is 2.47. The number of allylic oxidation sites excluding steroid dienone is 2. The molecular formula is C13H23BClNO2Si. The van der Waals surface area contributed by atoms with E-state index in [9.17, 15) is 0 Å². The van der Waals surface area contributed by atoms with E-state index in [1.807, 2.05) is 17.2 Å². The summed E-state index contributed by atoms with van der Waals surface area (Å²) in [5, 5.41) is 0. The minimum atomic E-state index is -1.69. The first-order chi connectivity index (χ1) is 8.53. The van der Waals surface area contributed by atoms with Crippen molar-refractivity contribution in [2.45, 2.75) is 57.5 Å². The van der Waals surface area contributed by atoms with Crippen LogP contribution in [-0.4, -0.2) is 30.6 Å². The predicted octanol–water partition coefficient (Wildman–Crippen LogP) is 3.73. The minimum Gasteiger partial charge on any atom is -0.384 e. The van der Waals surface area contributed by atoms with Gasteiger partial charge in [0.2, 0.25) is 0 Å². The van der Waals surface area contributed by atoms with Crippen LogP contribution in [0, 0.1) is 0 Å². The van der Waals surface area contributed by atoms with Crippen molar-refractivity contribution in [2.75, 3.05) is 0 Å². The second-order valence-electron chi connectivity index (χ2n) is 6.78. The Bertz CT molecular complexity index is 387. The van der Waals surface area contributed by atoms with Crippen molar-refractivity contribution in [1.82, 2.24) is 4.81 Å². The molecule has 0 radical (unpaired) electrons. The number of hydrogen-bond acceptors (Lipinski definition) is 3. The molecule has 2 rings (SSSR count). The van der Waals surface area contributed by atoms with E-state index in [1.54, 1.807) is 0 Å². The highest BCUT2D eigenvalue weighted by atomic mass is 35.6. The Balaban J connectivity index is 2.07. The molecule has 0 aromatic heterocycles. The van der Waals surface area contributed by atoms with Gasteiger partial charge >= 0.3 is 7.25 Å². The Labute approximate surface area is 122 Å². The molecule has 6 heteroatoms. The molecule has 0 atom stereocenters. The highest BCUT2D eigenvalue weighted by molar-refractivity contribution is 7.20. The molecule has 0 aromatic carbocycles. The molecule has 0 saturated carbocycles. The van der Waals surface area contributed by atoms with Crippen molar-refractivity contribution in [3.05, 3.63) is 24.6 Å². The lowest BCUT2D eigenvalue weighted by Crippen LogP contribution is -2.41. The molecule has 0 aromatic rings. The fourth-order valence-electron chi connectivity index (χ4n) is 2.03. The van der Waals surface area contributed by atoms with Gasteiger partial charge in [0.1, 0.15) is 0 Å². The predicted molar refractivity (Wildman–Crippen MR) is 83.3 cm³/mol. The zero-order chi connectivity index (χ0) is 14.5. The smallest absolute Gasteiger partial charge is 0.384 e.